The predicted octanol–water partition coefficient (Wildman–Crippen LogP) is 0.269. The van der Waals surface area contributed by atoms with Crippen molar-refractivity contribution in [1.29, 1.82) is 0 Å². The molecule has 2 amide bonds. The maximum absolute atomic E-state index is 12.5. The van der Waals surface area contributed by atoms with Gasteiger partial charge in [-0.15, -0.1) is 12.4 Å². The van der Waals surface area contributed by atoms with E-state index in [0.29, 0.717) is 6.54 Å². The van der Waals surface area contributed by atoms with Crippen LogP contribution in [0.5, 0.6) is 0 Å². The summed E-state index contributed by atoms with van der Waals surface area (Å²) in [4.78, 5) is 26.3. The standard InChI is InChI=1S/C15H28N4O2.ClH/c1-13(20)18-15(5-3-2-4-6-15)14(21)17-9-12-19-10-7-16-8-11-19;/h16H,2-12H2,1H3,(H,17,21)(H,18,20);1H. The fourth-order valence-electron chi connectivity index (χ4n) is 3.33. The molecule has 0 aromatic heterocycles. The molecular formula is C15H29ClN4O2. The molecule has 6 nitrogen and oxygen atoms in total. The molecule has 2 rings (SSSR count). The normalized spacial score (nSPS) is 21.5. The van der Waals surface area contributed by atoms with Crippen LogP contribution in [0, 0.1) is 0 Å². The summed E-state index contributed by atoms with van der Waals surface area (Å²) in [6.45, 7) is 7.13. The van der Waals surface area contributed by atoms with Gasteiger partial charge in [-0.05, 0) is 12.8 Å². The van der Waals surface area contributed by atoms with Gasteiger partial charge in [-0.25, -0.2) is 0 Å². The van der Waals surface area contributed by atoms with E-state index in [4.69, 9.17) is 0 Å². The Hall–Kier alpha value is -0.850. The first-order valence-electron chi connectivity index (χ1n) is 8.12. The Morgan fingerprint density at radius 3 is 2.36 bits per heavy atom. The number of amides is 2. The Balaban J connectivity index is 0.00000242. The SMILES string of the molecule is CC(=O)NC1(C(=O)NCCN2CCNCC2)CCCCC1.Cl. The molecule has 1 aliphatic carbocycles. The zero-order valence-corrected chi connectivity index (χ0v) is 14.3. The molecule has 0 spiro atoms. The number of hydrogen-bond acceptors (Lipinski definition) is 4. The molecule has 1 saturated carbocycles. The van der Waals surface area contributed by atoms with Crippen LogP contribution >= 0.6 is 12.4 Å². The zero-order valence-electron chi connectivity index (χ0n) is 13.5. The van der Waals surface area contributed by atoms with Gasteiger partial charge < -0.3 is 16.0 Å². The van der Waals surface area contributed by atoms with Crippen molar-refractivity contribution in [1.82, 2.24) is 20.9 Å². The monoisotopic (exact) mass is 332 g/mol. The molecule has 0 atom stereocenters. The second-order valence-electron chi connectivity index (χ2n) is 6.17. The van der Waals surface area contributed by atoms with Crippen molar-refractivity contribution in [3.05, 3.63) is 0 Å². The Labute approximate surface area is 139 Å². The highest BCUT2D eigenvalue weighted by molar-refractivity contribution is 5.91. The molecule has 3 N–H and O–H groups in total. The number of piperazine rings is 1. The lowest BCUT2D eigenvalue weighted by Gasteiger charge is -2.36. The predicted molar refractivity (Wildman–Crippen MR) is 89.2 cm³/mol. The Morgan fingerprint density at radius 1 is 1.14 bits per heavy atom. The van der Waals surface area contributed by atoms with Gasteiger partial charge in [-0.3, -0.25) is 14.5 Å². The summed E-state index contributed by atoms with van der Waals surface area (Å²) in [5.41, 5.74) is -0.673. The van der Waals surface area contributed by atoms with Crippen LogP contribution in [0.2, 0.25) is 0 Å². The molecule has 2 aliphatic rings. The van der Waals surface area contributed by atoms with Crippen molar-refractivity contribution in [2.24, 2.45) is 0 Å². The van der Waals surface area contributed by atoms with Gasteiger partial charge in [0.1, 0.15) is 5.54 Å². The van der Waals surface area contributed by atoms with Crippen LogP contribution in [0.15, 0.2) is 0 Å². The summed E-state index contributed by atoms with van der Waals surface area (Å²) in [5.74, 6) is -0.123. The van der Waals surface area contributed by atoms with Gasteiger partial charge in [0.2, 0.25) is 11.8 Å². The van der Waals surface area contributed by atoms with Crippen molar-refractivity contribution in [2.75, 3.05) is 39.3 Å². The van der Waals surface area contributed by atoms with E-state index in [0.717, 1.165) is 64.8 Å². The fourth-order valence-corrected chi connectivity index (χ4v) is 3.33. The highest BCUT2D eigenvalue weighted by Gasteiger charge is 2.39. The minimum atomic E-state index is -0.673. The van der Waals surface area contributed by atoms with Crippen LogP contribution in [0.25, 0.3) is 0 Å². The van der Waals surface area contributed by atoms with Crippen molar-refractivity contribution < 1.29 is 9.59 Å². The van der Waals surface area contributed by atoms with Crippen LogP contribution in [0.1, 0.15) is 39.0 Å². The first-order chi connectivity index (χ1) is 10.1. The van der Waals surface area contributed by atoms with Crippen LogP contribution in [0.3, 0.4) is 0 Å². The van der Waals surface area contributed by atoms with Gasteiger partial charge >= 0.3 is 0 Å². The summed E-state index contributed by atoms with van der Waals surface area (Å²) in [6, 6.07) is 0. The first-order valence-corrected chi connectivity index (χ1v) is 8.12. The molecule has 7 heteroatoms. The second kappa shape index (κ2) is 9.33. The van der Waals surface area contributed by atoms with Crippen LogP contribution < -0.4 is 16.0 Å². The van der Waals surface area contributed by atoms with E-state index in [2.05, 4.69) is 20.9 Å². The number of rotatable bonds is 5. The van der Waals surface area contributed by atoms with Gasteiger partial charge in [0.05, 0.1) is 0 Å². The molecule has 0 radical (unpaired) electrons. The average Bonchev–Trinajstić information content (AvgIpc) is 2.48. The minimum Gasteiger partial charge on any atom is -0.353 e. The summed E-state index contributed by atoms with van der Waals surface area (Å²) >= 11 is 0. The summed E-state index contributed by atoms with van der Waals surface area (Å²) < 4.78 is 0. The van der Waals surface area contributed by atoms with E-state index in [9.17, 15) is 9.59 Å². The molecule has 1 saturated heterocycles. The van der Waals surface area contributed by atoms with Crippen LogP contribution in [0.4, 0.5) is 0 Å². The Morgan fingerprint density at radius 2 is 1.77 bits per heavy atom. The van der Waals surface area contributed by atoms with E-state index in [-0.39, 0.29) is 24.2 Å². The van der Waals surface area contributed by atoms with E-state index >= 15 is 0 Å². The number of carbonyl (C=O) groups excluding carboxylic acids is 2. The molecule has 128 valence electrons. The second-order valence-corrected chi connectivity index (χ2v) is 6.17. The lowest BCUT2D eigenvalue weighted by Crippen LogP contribution is -2.60. The van der Waals surface area contributed by atoms with E-state index in [1.807, 2.05) is 0 Å². The molecular weight excluding hydrogens is 304 g/mol. The summed E-state index contributed by atoms with van der Waals surface area (Å²) in [5, 5.41) is 9.26. The van der Waals surface area contributed by atoms with Crippen LogP contribution in [-0.4, -0.2) is 61.5 Å². The van der Waals surface area contributed by atoms with Crippen molar-refractivity contribution in [3.8, 4) is 0 Å². The molecule has 0 unspecified atom stereocenters. The lowest BCUT2D eigenvalue weighted by molar-refractivity contribution is -0.134. The van der Waals surface area contributed by atoms with Gasteiger partial charge in [0, 0.05) is 46.2 Å². The van der Waals surface area contributed by atoms with Crippen molar-refractivity contribution in [2.45, 2.75) is 44.6 Å². The third-order valence-electron chi connectivity index (χ3n) is 4.48. The molecule has 2 fully saturated rings. The van der Waals surface area contributed by atoms with E-state index in [1.165, 1.54) is 6.92 Å². The van der Waals surface area contributed by atoms with Gasteiger partial charge in [-0.2, -0.15) is 0 Å². The zero-order chi connectivity index (χ0) is 15.1. The summed E-state index contributed by atoms with van der Waals surface area (Å²) in [6.07, 6.45) is 4.67. The average molecular weight is 333 g/mol. The molecule has 1 aliphatic heterocycles. The molecule has 0 bridgehead atoms. The third-order valence-corrected chi connectivity index (χ3v) is 4.48. The van der Waals surface area contributed by atoms with Gasteiger partial charge in [0.25, 0.3) is 0 Å². The maximum Gasteiger partial charge on any atom is 0.245 e. The topological polar surface area (TPSA) is 73.5 Å². The Kier molecular flexibility index (Phi) is 8.14. The highest BCUT2D eigenvalue weighted by atomic mass is 35.5. The number of halogens is 1. The number of nitrogens with zero attached hydrogens (tertiary/aromatic N) is 1. The number of hydrogen-bond donors (Lipinski definition) is 3. The molecule has 1 heterocycles. The van der Waals surface area contributed by atoms with Gasteiger partial charge in [0.15, 0.2) is 0 Å². The van der Waals surface area contributed by atoms with Crippen molar-refractivity contribution in [3.63, 3.8) is 0 Å². The molecule has 22 heavy (non-hydrogen) atoms. The lowest BCUT2D eigenvalue weighted by atomic mass is 9.80. The summed E-state index contributed by atoms with van der Waals surface area (Å²) in [7, 11) is 0. The van der Waals surface area contributed by atoms with Crippen molar-refractivity contribution >= 4 is 24.2 Å². The highest BCUT2D eigenvalue weighted by Crippen LogP contribution is 2.28. The Bertz CT molecular complexity index is 367. The minimum absolute atomic E-state index is 0. The first kappa shape index (κ1) is 19.2. The van der Waals surface area contributed by atoms with E-state index < -0.39 is 5.54 Å². The number of carbonyl (C=O) groups is 2. The smallest absolute Gasteiger partial charge is 0.245 e. The fraction of sp³-hybridized carbons (Fsp3) is 0.867. The van der Waals surface area contributed by atoms with Crippen LogP contribution in [-0.2, 0) is 9.59 Å². The maximum atomic E-state index is 12.5. The number of nitrogens with one attached hydrogen (secondary N) is 3. The van der Waals surface area contributed by atoms with E-state index in [1.54, 1.807) is 0 Å². The third kappa shape index (κ3) is 5.41. The quantitative estimate of drug-likeness (QED) is 0.675. The van der Waals surface area contributed by atoms with Gasteiger partial charge in [-0.1, -0.05) is 19.3 Å². The molecule has 0 aromatic carbocycles. The molecule has 0 aromatic rings. The largest absolute Gasteiger partial charge is 0.353 e.